The van der Waals surface area contributed by atoms with Crippen LogP contribution in [0.5, 0.6) is 0 Å². The van der Waals surface area contributed by atoms with E-state index in [0.29, 0.717) is 10.0 Å². The van der Waals surface area contributed by atoms with Crippen LogP contribution in [0.4, 0.5) is 16.2 Å². The summed E-state index contributed by atoms with van der Waals surface area (Å²) in [7, 11) is 0. The number of rotatable bonds is 1. The Morgan fingerprint density at radius 2 is 2.00 bits per heavy atom. The van der Waals surface area contributed by atoms with Crippen LogP contribution in [0.25, 0.3) is 11.3 Å². The fourth-order valence-corrected chi connectivity index (χ4v) is 2.02. The third-order valence-corrected chi connectivity index (χ3v) is 2.91. The van der Waals surface area contributed by atoms with Gasteiger partial charge >= 0.3 is 0 Å². The standard InChI is InChI=1S/C11H7BrFN5/c12-8-3-5(13)1-2-6(8)9-7(4-14)10(15)18-11(16)17-9/h1-3H,(H4,15,16,17,18). The molecule has 0 radical (unpaired) electrons. The van der Waals surface area contributed by atoms with Gasteiger partial charge in [0.1, 0.15) is 23.3 Å². The fraction of sp³-hybridized carbons (Fsp3) is 0. The molecule has 1 heterocycles. The highest BCUT2D eigenvalue weighted by Gasteiger charge is 2.15. The van der Waals surface area contributed by atoms with Gasteiger partial charge in [0, 0.05) is 10.0 Å². The smallest absolute Gasteiger partial charge is 0.222 e. The summed E-state index contributed by atoms with van der Waals surface area (Å²) in [6.45, 7) is 0. The van der Waals surface area contributed by atoms with Gasteiger partial charge in [-0.1, -0.05) is 0 Å². The quantitative estimate of drug-likeness (QED) is 0.840. The third-order valence-electron chi connectivity index (χ3n) is 2.25. The first-order valence-electron chi connectivity index (χ1n) is 4.81. The monoisotopic (exact) mass is 307 g/mol. The Bertz CT molecular complexity index is 665. The van der Waals surface area contributed by atoms with Crippen molar-refractivity contribution in [3.05, 3.63) is 34.1 Å². The number of nitrogens with two attached hydrogens (primary N) is 2. The van der Waals surface area contributed by atoms with Crippen molar-refractivity contribution in [2.24, 2.45) is 0 Å². The van der Waals surface area contributed by atoms with E-state index in [0.717, 1.165) is 0 Å². The van der Waals surface area contributed by atoms with E-state index in [1.165, 1.54) is 18.2 Å². The van der Waals surface area contributed by atoms with Gasteiger partial charge in [-0.15, -0.1) is 0 Å². The number of aromatic nitrogens is 2. The number of nitrogens with zero attached hydrogens (tertiary/aromatic N) is 3. The second-order valence-electron chi connectivity index (χ2n) is 3.43. The molecule has 0 aliphatic heterocycles. The Hall–Kier alpha value is -2.20. The van der Waals surface area contributed by atoms with E-state index in [9.17, 15) is 4.39 Å². The van der Waals surface area contributed by atoms with Crippen LogP contribution in [0.15, 0.2) is 22.7 Å². The summed E-state index contributed by atoms with van der Waals surface area (Å²) in [5.41, 5.74) is 12.0. The maximum absolute atomic E-state index is 13.0. The summed E-state index contributed by atoms with van der Waals surface area (Å²) in [6, 6.07) is 5.93. The van der Waals surface area contributed by atoms with E-state index in [-0.39, 0.29) is 23.0 Å². The molecular weight excluding hydrogens is 301 g/mol. The van der Waals surface area contributed by atoms with Crippen molar-refractivity contribution in [1.82, 2.24) is 9.97 Å². The molecule has 2 rings (SSSR count). The lowest BCUT2D eigenvalue weighted by Gasteiger charge is -2.08. The highest BCUT2D eigenvalue weighted by atomic mass is 79.9. The lowest BCUT2D eigenvalue weighted by atomic mass is 10.1. The summed E-state index contributed by atoms with van der Waals surface area (Å²) < 4.78 is 13.5. The summed E-state index contributed by atoms with van der Waals surface area (Å²) in [5, 5.41) is 9.06. The van der Waals surface area contributed by atoms with Crippen molar-refractivity contribution < 1.29 is 4.39 Å². The van der Waals surface area contributed by atoms with E-state index in [1.54, 1.807) is 0 Å². The Balaban J connectivity index is 2.75. The lowest BCUT2D eigenvalue weighted by Crippen LogP contribution is -2.05. The van der Waals surface area contributed by atoms with Crippen LogP contribution in [-0.2, 0) is 0 Å². The molecule has 0 unspecified atom stereocenters. The number of nitrogen functional groups attached to an aromatic ring is 2. The first-order valence-corrected chi connectivity index (χ1v) is 5.60. The van der Waals surface area contributed by atoms with Crippen LogP contribution in [0.1, 0.15) is 5.56 Å². The van der Waals surface area contributed by atoms with Gasteiger partial charge in [-0.25, -0.2) is 9.37 Å². The number of hydrogen-bond donors (Lipinski definition) is 2. The van der Waals surface area contributed by atoms with Crippen LogP contribution in [0.2, 0.25) is 0 Å². The first-order chi connectivity index (χ1) is 8.52. The van der Waals surface area contributed by atoms with Crippen LogP contribution in [0.3, 0.4) is 0 Å². The zero-order valence-electron chi connectivity index (χ0n) is 8.98. The van der Waals surface area contributed by atoms with Crippen LogP contribution < -0.4 is 11.5 Å². The van der Waals surface area contributed by atoms with E-state index in [2.05, 4.69) is 25.9 Å². The molecule has 1 aromatic carbocycles. The molecule has 4 N–H and O–H groups in total. The number of benzene rings is 1. The van der Waals surface area contributed by atoms with E-state index < -0.39 is 5.82 Å². The molecule has 0 saturated heterocycles. The number of hydrogen-bond acceptors (Lipinski definition) is 5. The fourth-order valence-electron chi connectivity index (χ4n) is 1.48. The second-order valence-corrected chi connectivity index (χ2v) is 4.28. The minimum Gasteiger partial charge on any atom is -0.382 e. The number of halogens is 2. The molecule has 1 aromatic heterocycles. The van der Waals surface area contributed by atoms with Gasteiger partial charge in [-0.2, -0.15) is 10.2 Å². The Morgan fingerprint density at radius 1 is 1.28 bits per heavy atom. The van der Waals surface area contributed by atoms with E-state index in [4.69, 9.17) is 16.7 Å². The van der Waals surface area contributed by atoms with Gasteiger partial charge in [-0.05, 0) is 34.1 Å². The molecule has 0 spiro atoms. The molecule has 0 fully saturated rings. The summed E-state index contributed by atoms with van der Waals surface area (Å²) in [6.07, 6.45) is 0. The molecule has 5 nitrogen and oxygen atoms in total. The van der Waals surface area contributed by atoms with Crippen molar-refractivity contribution in [1.29, 1.82) is 5.26 Å². The van der Waals surface area contributed by atoms with Crippen molar-refractivity contribution in [3.8, 4) is 17.3 Å². The Morgan fingerprint density at radius 3 is 2.61 bits per heavy atom. The van der Waals surface area contributed by atoms with Crippen molar-refractivity contribution in [2.75, 3.05) is 11.5 Å². The molecule has 0 aliphatic rings. The molecule has 0 bridgehead atoms. The van der Waals surface area contributed by atoms with Crippen LogP contribution in [0, 0.1) is 17.1 Å². The molecule has 7 heteroatoms. The minimum absolute atomic E-state index is 0.00350. The van der Waals surface area contributed by atoms with Crippen molar-refractivity contribution in [2.45, 2.75) is 0 Å². The highest BCUT2D eigenvalue weighted by molar-refractivity contribution is 9.10. The summed E-state index contributed by atoms with van der Waals surface area (Å²) >= 11 is 3.20. The third kappa shape index (κ3) is 2.10. The van der Waals surface area contributed by atoms with Gasteiger partial charge in [-0.3, -0.25) is 0 Å². The Labute approximate surface area is 110 Å². The van der Waals surface area contributed by atoms with Gasteiger partial charge in [0.05, 0.1) is 5.69 Å². The predicted molar refractivity (Wildman–Crippen MR) is 68.7 cm³/mol. The van der Waals surface area contributed by atoms with Crippen molar-refractivity contribution >= 4 is 27.7 Å². The molecule has 0 aliphatic carbocycles. The summed E-state index contributed by atoms with van der Waals surface area (Å²) in [4.78, 5) is 7.69. The molecular formula is C11H7BrFN5. The summed E-state index contributed by atoms with van der Waals surface area (Å²) in [5.74, 6) is -0.451. The largest absolute Gasteiger partial charge is 0.382 e. The minimum atomic E-state index is -0.404. The first kappa shape index (κ1) is 12.3. The molecule has 90 valence electrons. The van der Waals surface area contributed by atoms with Gasteiger partial charge in [0.25, 0.3) is 0 Å². The average molecular weight is 308 g/mol. The van der Waals surface area contributed by atoms with Gasteiger partial charge in [0.2, 0.25) is 5.95 Å². The lowest BCUT2D eigenvalue weighted by molar-refractivity contribution is 0.627. The molecule has 0 saturated carbocycles. The van der Waals surface area contributed by atoms with Crippen LogP contribution in [-0.4, -0.2) is 9.97 Å². The molecule has 0 amide bonds. The van der Waals surface area contributed by atoms with Crippen LogP contribution >= 0.6 is 15.9 Å². The van der Waals surface area contributed by atoms with Crippen molar-refractivity contribution in [3.63, 3.8) is 0 Å². The maximum atomic E-state index is 13.0. The highest BCUT2D eigenvalue weighted by Crippen LogP contribution is 2.31. The molecule has 18 heavy (non-hydrogen) atoms. The number of anilines is 2. The number of nitriles is 1. The predicted octanol–water partition coefficient (Wildman–Crippen LogP) is 2.08. The normalized spacial score (nSPS) is 10.1. The SMILES string of the molecule is N#Cc1c(N)nc(N)nc1-c1ccc(F)cc1Br. The van der Waals surface area contributed by atoms with E-state index >= 15 is 0 Å². The van der Waals surface area contributed by atoms with E-state index in [1.807, 2.05) is 6.07 Å². The maximum Gasteiger partial charge on any atom is 0.222 e. The molecule has 2 aromatic rings. The second kappa shape index (κ2) is 4.58. The zero-order valence-corrected chi connectivity index (χ0v) is 10.6. The average Bonchev–Trinajstić information content (AvgIpc) is 2.28. The topological polar surface area (TPSA) is 102 Å². The van der Waals surface area contributed by atoms with Gasteiger partial charge in [0.15, 0.2) is 0 Å². The Kier molecular flexibility index (Phi) is 3.12. The van der Waals surface area contributed by atoms with Gasteiger partial charge < -0.3 is 11.5 Å². The zero-order chi connectivity index (χ0) is 13.3. The molecule has 0 atom stereocenters.